The molecule has 5 heteroatoms. The largest absolute Gasteiger partial charge is 0.324 e. The first-order chi connectivity index (χ1) is 5.90. The molecule has 0 spiro atoms. The van der Waals surface area contributed by atoms with Crippen LogP contribution in [0.1, 0.15) is 25.1 Å². The molecule has 2 rings (SSSR count). The SMILES string of the molecule is NCc1nnnn1CCC1CC1. The molecule has 0 amide bonds. The lowest BCUT2D eigenvalue weighted by molar-refractivity contribution is 0.514. The summed E-state index contributed by atoms with van der Waals surface area (Å²) in [6.07, 6.45) is 3.94. The van der Waals surface area contributed by atoms with E-state index >= 15 is 0 Å². The zero-order valence-electron chi connectivity index (χ0n) is 6.98. The summed E-state index contributed by atoms with van der Waals surface area (Å²) in [4.78, 5) is 0. The van der Waals surface area contributed by atoms with Crippen LogP contribution in [-0.4, -0.2) is 20.2 Å². The third kappa shape index (κ3) is 1.61. The highest BCUT2D eigenvalue weighted by molar-refractivity contribution is 4.80. The average Bonchev–Trinajstić information content (AvgIpc) is 2.81. The first-order valence-corrected chi connectivity index (χ1v) is 4.35. The van der Waals surface area contributed by atoms with Gasteiger partial charge in [0, 0.05) is 6.54 Å². The van der Waals surface area contributed by atoms with Gasteiger partial charge in [-0.3, -0.25) is 0 Å². The summed E-state index contributed by atoms with van der Waals surface area (Å²) in [5, 5.41) is 11.2. The van der Waals surface area contributed by atoms with Gasteiger partial charge >= 0.3 is 0 Å². The van der Waals surface area contributed by atoms with Crippen molar-refractivity contribution < 1.29 is 0 Å². The van der Waals surface area contributed by atoms with Gasteiger partial charge in [0.05, 0.1) is 6.54 Å². The van der Waals surface area contributed by atoms with Crippen LogP contribution in [0.25, 0.3) is 0 Å². The Morgan fingerprint density at radius 1 is 1.50 bits per heavy atom. The lowest BCUT2D eigenvalue weighted by Gasteiger charge is -2.00. The summed E-state index contributed by atoms with van der Waals surface area (Å²) in [6, 6.07) is 0. The van der Waals surface area contributed by atoms with Gasteiger partial charge in [-0.1, -0.05) is 12.8 Å². The summed E-state index contributed by atoms with van der Waals surface area (Å²) < 4.78 is 1.80. The van der Waals surface area contributed by atoms with E-state index in [-0.39, 0.29) is 0 Å². The van der Waals surface area contributed by atoms with E-state index in [9.17, 15) is 0 Å². The number of rotatable bonds is 4. The van der Waals surface area contributed by atoms with Crippen molar-refractivity contribution in [3.05, 3.63) is 5.82 Å². The number of hydrogen-bond donors (Lipinski definition) is 1. The van der Waals surface area contributed by atoms with Gasteiger partial charge in [0.1, 0.15) is 0 Å². The normalized spacial score (nSPS) is 16.8. The van der Waals surface area contributed by atoms with Gasteiger partial charge in [-0.05, 0) is 22.8 Å². The molecule has 2 N–H and O–H groups in total. The Hall–Kier alpha value is -0.970. The number of hydrogen-bond acceptors (Lipinski definition) is 4. The van der Waals surface area contributed by atoms with E-state index in [1.165, 1.54) is 19.3 Å². The molecule has 0 saturated heterocycles. The molecule has 12 heavy (non-hydrogen) atoms. The highest BCUT2D eigenvalue weighted by Gasteiger charge is 2.21. The first kappa shape index (κ1) is 7.67. The van der Waals surface area contributed by atoms with Crippen molar-refractivity contribution >= 4 is 0 Å². The molecule has 66 valence electrons. The zero-order chi connectivity index (χ0) is 8.39. The number of tetrazole rings is 1. The monoisotopic (exact) mass is 167 g/mol. The van der Waals surface area contributed by atoms with Crippen molar-refractivity contribution in [2.45, 2.75) is 32.4 Å². The number of aryl methyl sites for hydroxylation is 1. The summed E-state index contributed by atoms with van der Waals surface area (Å²) in [7, 11) is 0. The third-order valence-corrected chi connectivity index (χ3v) is 2.23. The Morgan fingerprint density at radius 2 is 2.33 bits per heavy atom. The van der Waals surface area contributed by atoms with E-state index in [4.69, 9.17) is 5.73 Å². The Kier molecular flexibility index (Phi) is 2.03. The van der Waals surface area contributed by atoms with Gasteiger partial charge in [-0.15, -0.1) is 5.10 Å². The molecule has 0 radical (unpaired) electrons. The second kappa shape index (κ2) is 3.18. The maximum atomic E-state index is 5.45. The fraction of sp³-hybridized carbons (Fsp3) is 0.857. The van der Waals surface area contributed by atoms with Crippen LogP contribution in [0.3, 0.4) is 0 Å². The second-order valence-corrected chi connectivity index (χ2v) is 3.25. The maximum Gasteiger partial charge on any atom is 0.164 e. The molecule has 0 aromatic carbocycles. The van der Waals surface area contributed by atoms with E-state index in [2.05, 4.69) is 15.5 Å². The Labute approximate surface area is 70.9 Å². The van der Waals surface area contributed by atoms with E-state index < -0.39 is 0 Å². The van der Waals surface area contributed by atoms with Gasteiger partial charge in [-0.2, -0.15) is 0 Å². The molecule has 1 aliphatic carbocycles. The molecule has 0 bridgehead atoms. The molecule has 1 aromatic rings. The van der Waals surface area contributed by atoms with Gasteiger partial charge < -0.3 is 5.73 Å². The van der Waals surface area contributed by atoms with Crippen molar-refractivity contribution in [2.24, 2.45) is 11.7 Å². The van der Waals surface area contributed by atoms with Gasteiger partial charge in [0.25, 0.3) is 0 Å². The molecule has 1 aromatic heterocycles. The van der Waals surface area contributed by atoms with Crippen LogP contribution >= 0.6 is 0 Å². The molecular formula is C7H13N5. The van der Waals surface area contributed by atoms with Gasteiger partial charge in [-0.25, -0.2) is 4.68 Å². The minimum Gasteiger partial charge on any atom is -0.324 e. The van der Waals surface area contributed by atoms with Crippen molar-refractivity contribution in [1.29, 1.82) is 0 Å². The molecule has 1 fully saturated rings. The van der Waals surface area contributed by atoms with Crippen LogP contribution in [0, 0.1) is 5.92 Å². The number of aromatic nitrogens is 4. The number of nitrogens with two attached hydrogens (primary N) is 1. The lowest BCUT2D eigenvalue weighted by atomic mass is 10.3. The van der Waals surface area contributed by atoms with Crippen molar-refractivity contribution in [2.75, 3.05) is 0 Å². The Bertz CT molecular complexity index is 252. The molecule has 5 nitrogen and oxygen atoms in total. The highest BCUT2D eigenvalue weighted by Crippen LogP contribution is 2.32. The van der Waals surface area contributed by atoms with Gasteiger partial charge in [0.15, 0.2) is 5.82 Å². The first-order valence-electron chi connectivity index (χ1n) is 4.35. The number of nitrogens with zero attached hydrogens (tertiary/aromatic N) is 4. The van der Waals surface area contributed by atoms with Gasteiger partial charge in [0.2, 0.25) is 0 Å². The highest BCUT2D eigenvalue weighted by atomic mass is 15.5. The van der Waals surface area contributed by atoms with Crippen molar-refractivity contribution in [1.82, 2.24) is 20.2 Å². The van der Waals surface area contributed by atoms with Crippen LogP contribution in [0.5, 0.6) is 0 Å². The van der Waals surface area contributed by atoms with E-state index in [1.54, 1.807) is 4.68 Å². The molecule has 0 aliphatic heterocycles. The van der Waals surface area contributed by atoms with Crippen LogP contribution < -0.4 is 5.73 Å². The maximum absolute atomic E-state index is 5.45. The Balaban J connectivity index is 1.91. The minimum absolute atomic E-state index is 0.428. The van der Waals surface area contributed by atoms with Crippen LogP contribution in [0.4, 0.5) is 0 Å². The minimum atomic E-state index is 0.428. The summed E-state index contributed by atoms with van der Waals surface area (Å²) >= 11 is 0. The molecular weight excluding hydrogens is 154 g/mol. The standard InChI is InChI=1S/C7H13N5/c8-5-7-9-10-11-12(7)4-3-6-1-2-6/h6H,1-5,8H2. The van der Waals surface area contributed by atoms with Crippen molar-refractivity contribution in [3.8, 4) is 0 Å². The molecule has 1 aliphatic rings. The molecule has 0 unspecified atom stereocenters. The topological polar surface area (TPSA) is 69.6 Å². The van der Waals surface area contributed by atoms with Crippen molar-refractivity contribution in [3.63, 3.8) is 0 Å². The molecule has 1 heterocycles. The smallest absolute Gasteiger partial charge is 0.164 e. The van der Waals surface area contributed by atoms with E-state index in [0.29, 0.717) is 6.54 Å². The molecule has 1 saturated carbocycles. The zero-order valence-corrected chi connectivity index (χ0v) is 6.98. The second-order valence-electron chi connectivity index (χ2n) is 3.25. The van der Waals surface area contributed by atoms with Crippen LogP contribution in [0.15, 0.2) is 0 Å². The summed E-state index contributed by atoms with van der Waals surface area (Å²) in [5.74, 6) is 1.70. The predicted molar refractivity (Wildman–Crippen MR) is 43.0 cm³/mol. The lowest BCUT2D eigenvalue weighted by Crippen LogP contribution is -2.10. The van der Waals surface area contributed by atoms with E-state index in [0.717, 1.165) is 18.3 Å². The van der Waals surface area contributed by atoms with Crippen LogP contribution in [-0.2, 0) is 13.1 Å². The average molecular weight is 167 g/mol. The molecule has 0 atom stereocenters. The van der Waals surface area contributed by atoms with Crippen LogP contribution in [0.2, 0.25) is 0 Å². The third-order valence-electron chi connectivity index (χ3n) is 2.23. The Morgan fingerprint density at radius 3 is 3.00 bits per heavy atom. The fourth-order valence-corrected chi connectivity index (χ4v) is 1.25. The predicted octanol–water partition coefficient (Wildman–Crippen LogP) is -0.0681. The summed E-state index contributed by atoms with van der Waals surface area (Å²) in [5.41, 5.74) is 5.45. The fourth-order valence-electron chi connectivity index (χ4n) is 1.25. The summed E-state index contributed by atoms with van der Waals surface area (Å²) in [6.45, 7) is 1.35. The van der Waals surface area contributed by atoms with E-state index in [1.807, 2.05) is 0 Å². The quantitative estimate of drug-likeness (QED) is 0.681.